The number of aryl methyl sites for hydroxylation is 2. The molecule has 28 heavy (non-hydrogen) atoms. The van der Waals surface area contributed by atoms with Gasteiger partial charge in [-0.1, -0.05) is 77.8 Å². The summed E-state index contributed by atoms with van der Waals surface area (Å²) in [6.07, 6.45) is 14.5. The molecule has 3 nitrogen and oxygen atoms in total. The third-order valence-corrected chi connectivity index (χ3v) is 4.91. The maximum Gasteiger partial charge on any atom is 0.0319 e. The SMILES string of the molecule is CC.CCCc1cc(CC)ccc1C(C/C=C\C=C/N)C(CC)CCN.CO. The van der Waals surface area contributed by atoms with Crippen molar-refractivity contribution in [2.24, 2.45) is 17.4 Å². The summed E-state index contributed by atoms with van der Waals surface area (Å²) in [6, 6.07) is 7.10. The number of hydrogen-bond donors (Lipinski definition) is 3. The Kier molecular flexibility index (Phi) is 20.6. The summed E-state index contributed by atoms with van der Waals surface area (Å²) in [7, 11) is 1.00. The molecule has 5 N–H and O–H groups in total. The molecular weight excluding hydrogens is 344 g/mol. The van der Waals surface area contributed by atoms with Crippen molar-refractivity contribution in [3.05, 3.63) is 59.3 Å². The van der Waals surface area contributed by atoms with Gasteiger partial charge in [0.1, 0.15) is 0 Å². The molecule has 0 amide bonds. The molecule has 0 aliphatic heterocycles. The summed E-state index contributed by atoms with van der Waals surface area (Å²) in [4.78, 5) is 0. The minimum absolute atomic E-state index is 0.536. The quantitative estimate of drug-likeness (QED) is 0.423. The van der Waals surface area contributed by atoms with E-state index in [0.29, 0.717) is 11.8 Å². The summed E-state index contributed by atoms with van der Waals surface area (Å²) < 4.78 is 0. The maximum absolute atomic E-state index is 7.00. The van der Waals surface area contributed by atoms with Crippen LogP contribution < -0.4 is 11.5 Å². The first-order chi connectivity index (χ1) is 13.7. The predicted octanol–water partition coefficient (Wildman–Crippen LogP) is 5.71. The standard InChI is InChI=1S/C22H36N2.C2H6.CH4O/c1-4-10-20-17-18(5-2)12-13-22(20)21(11-8-7-9-15-23)19(6-3)14-16-24;2*1-2/h7-9,12-13,15,17,19,21H,4-6,10-11,14,16,23-24H2,1-3H3;1-2H3;2H,1H3/b8-7-,15-9-;;. The Hall–Kier alpha value is -1.58. The van der Waals surface area contributed by atoms with Gasteiger partial charge in [0.2, 0.25) is 0 Å². The van der Waals surface area contributed by atoms with Crippen LogP contribution in [-0.2, 0) is 12.8 Å². The van der Waals surface area contributed by atoms with E-state index >= 15 is 0 Å². The van der Waals surface area contributed by atoms with Crippen LogP contribution in [0.1, 0.15) is 82.9 Å². The van der Waals surface area contributed by atoms with Gasteiger partial charge in [0.15, 0.2) is 0 Å². The first-order valence-corrected chi connectivity index (χ1v) is 11.0. The fourth-order valence-electron chi connectivity index (χ4n) is 3.57. The van der Waals surface area contributed by atoms with Crippen molar-refractivity contribution in [2.75, 3.05) is 13.7 Å². The largest absolute Gasteiger partial charge is 0.405 e. The highest BCUT2D eigenvalue weighted by molar-refractivity contribution is 5.36. The van der Waals surface area contributed by atoms with E-state index in [1.807, 2.05) is 19.9 Å². The lowest BCUT2D eigenvalue weighted by molar-refractivity contribution is 0.387. The van der Waals surface area contributed by atoms with Crippen molar-refractivity contribution < 1.29 is 5.11 Å². The smallest absolute Gasteiger partial charge is 0.0319 e. The van der Waals surface area contributed by atoms with Crippen LogP contribution in [0.15, 0.2) is 42.6 Å². The van der Waals surface area contributed by atoms with E-state index in [4.69, 9.17) is 16.6 Å². The Morgan fingerprint density at radius 3 is 2.25 bits per heavy atom. The summed E-state index contributed by atoms with van der Waals surface area (Å²) >= 11 is 0. The molecule has 0 aliphatic carbocycles. The molecule has 0 spiro atoms. The maximum atomic E-state index is 7.00. The number of benzene rings is 1. The molecule has 0 heterocycles. The molecule has 0 fully saturated rings. The van der Waals surface area contributed by atoms with E-state index < -0.39 is 0 Å². The molecule has 1 aromatic rings. The minimum atomic E-state index is 0.536. The second kappa shape index (κ2) is 20.2. The average Bonchev–Trinajstić information content (AvgIpc) is 2.76. The molecule has 2 atom stereocenters. The van der Waals surface area contributed by atoms with Gasteiger partial charge in [-0.3, -0.25) is 0 Å². The van der Waals surface area contributed by atoms with Gasteiger partial charge in [0.05, 0.1) is 0 Å². The van der Waals surface area contributed by atoms with Crippen LogP contribution >= 0.6 is 0 Å². The first kappa shape index (κ1) is 28.6. The molecule has 0 saturated heterocycles. The average molecular weight is 391 g/mol. The molecule has 0 radical (unpaired) electrons. The van der Waals surface area contributed by atoms with Gasteiger partial charge in [-0.25, -0.2) is 0 Å². The third kappa shape index (κ3) is 10.7. The fraction of sp³-hybridized carbons (Fsp3) is 0.600. The van der Waals surface area contributed by atoms with Crippen LogP contribution in [0, 0.1) is 5.92 Å². The molecule has 162 valence electrons. The molecule has 1 aromatic carbocycles. The molecule has 0 saturated carbocycles. The van der Waals surface area contributed by atoms with Gasteiger partial charge in [-0.2, -0.15) is 0 Å². The van der Waals surface area contributed by atoms with E-state index in [9.17, 15) is 0 Å². The Balaban J connectivity index is 0. The molecule has 3 heteroatoms. The molecular formula is C25H46N2O. The summed E-state index contributed by atoms with van der Waals surface area (Å²) in [6.45, 7) is 11.5. The Labute approximate surface area is 174 Å². The van der Waals surface area contributed by atoms with Crippen LogP contribution in [0.3, 0.4) is 0 Å². The highest BCUT2D eigenvalue weighted by Crippen LogP contribution is 2.36. The number of aliphatic hydroxyl groups is 1. The van der Waals surface area contributed by atoms with Gasteiger partial charge in [-0.15, -0.1) is 0 Å². The number of allylic oxidation sites excluding steroid dienone is 3. The van der Waals surface area contributed by atoms with Gasteiger partial charge < -0.3 is 16.6 Å². The monoisotopic (exact) mass is 390 g/mol. The van der Waals surface area contributed by atoms with Crippen molar-refractivity contribution >= 4 is 0 Å². The third-order valence-electron chi connectivity index (χ3n) is 4.91. The summed E-state index contributed by atoms with van der Waals surface area (Å²) in [5.74, 6) is 1.16. The van der Waals surface area contributed by atoms with Gasteiger partial charge in [-0.05, 0) is 73.0 Å². The van der Waals surface area contributed by atoms with Crippen molar-refractivity contribution in [3.63, 3.8) is 0 Å². The van der Waals surface area contributed by atoms with Crippen molar-refractivity contribution in [1.29, 1.82) is 0 Å². The topological polar surface area (TPSA) is 72.3 Å². The lowest BCUT2D eigenvalue weighted by Crippen LogP contribution is -2.18. The Bertz CT molecular complexity index is 523. The van der Waals surface area contributed by atoms with E-state index in [0.717, 1.165) is 39.3 Å². The van der Waals surface area contributed by atoms with Gasteiger partial charge in [0.25, 0.3) is 0 Å². The number of hydrogen-bond acceptors (Lipinski definition) is 3. The van der Waals surface area contributed by atoms with Crippen molar-refractivity contribution in [2.45, 2.75) is 79.1 Å². The zero-order valence-corrected chi connectivity index (χ0v) is 19.2. The van der Waals surface area contributed by atoms with Gasteiger partial charge in [0, 0.05) is 7.11 Å². The highest BCUT2D eigenvalue weighted by atomic mass is 16.2. The van der Waals surface area contributed by atoms with Crippen molar-refractivity contribution in [3.8, 4) is 0 Å². The van der Waals surface area contributed by atoms with Crippen LogP contribution in [-0.4, -0.2) is 18.8 Å². The summed E-state index contributed by atoms with van der Waals surface area (Å²) in [5, 5.41) is 7.00. The second-order valence-electron chi connectivity index (χ2n) is 6.54. The molecule has 0 bridgehead atoms. The highest BCUT2D eigenvalue weighted by Gasteiger charge is 2.22. The predicted molar refractivity (Wildman–Crippen MR) is 127 cm³/mol. The van der Waals surface area contributed by atoms with Crippen LogP contribution in [0.25, 0.3) is 0 Å². The van der Waals surface area contributed by atoms with Crippen LogP contribution in [0.2, 0.25) is 0 Å². The molecule has 0 aromatic heterocycles. The Morgan fingerprint density at radius 1 is 1.07 bits per heavy atom. The lowest BCUT2D eigenvalue weighted by Gasteiger charge is -2.28. The van der Waals surface area contributed by atoms with Crippen molar-refractivity contribution in [1.82, 2.24) is 0 Å². The van der Waals surface area contributed by atoms with Crippen LogP contribution in [0.5, 0.6) is 0 Å². The zero-order valence-electron chi connectivity index (χ0n) is 19.2. The van der Waals surface area contributed by atoms with Gasteiger partial charge >= 0.3 is 0 Å². The first-order valence-electron chi connectivity index (χ1n) is 11.0. The molecule has 1 rings (SSSR count). The van der Waals surface area contributed by atoms with E-state index in [1.165, 1.54) is 29.5 Å². The van der Waals surface area contributed by atoms with E-state index in [2.05, 4.69) is 51.1 Å². The molecule has 0 aliphatic rings. The van der Waals surface area contributed by atoms with E-state index in [-0.39, 0.29) is 0 Å². The Morgan fingerprint density at radius 2 is 1.75 bits per heavy atom. The van der Waals surface area contributed by atoms with Crippen LogP contribution in [0.4, 0.5) is 0 Å². The normalized spacial score (nSPS) is 12.9. The number of aliphatic hydroxyl groups excluding tert-OH is 1. The minimum Gasteiger partial charge on any atom is -0.405 e. The second-order valence-corrected chi connectivity index (χ2v) is 6.54. The number of nitrogens with two attached hydrogens (primary N) is 2. The lowest BCUT2D eigenvalue weighted by atomic mass is 9.77. The van der Waals surface area contributed by atoms with E-state index in [1.54, 1.807) is 6.20 Å². The fourth-order valence-corrected chi connectivity index (χ4v) is 3.57. The number of rotatable bonds is 11. The molecule has 2 unspecified atom stereocenters. The summed E-state index contributed by atoms with van der Waals surface area (Å²) in [5.41, 5.74) is 15.8. The zero-order chi connectivity index (χ0) is 21.8.